The van der Waals surface area contributed by atoms with Crippen LogP contribution in [0.25, 0.3) is 43.6 Å². The minimum absolute atomic E-state index is 0.187. The van der Waals surface area contributed by atoms with Gasteiger partial charge in [-0.25, -0.2) is 0 Å². The topological polar surface area (TPSA) is 12.9 Å². The van der Waals surface area contributed by atoms with Crippen LogP contribution in [0.15, 0.2) is 58.3 Å². The van der Waals surface area contributed by atoms with E-state index in [0.717, 1.165) is 24.1 Å². The maximum atomic E-state index is 5.31. The lowest BCUT2D eigenvalue weighted by atomic mass is 9.78. The lowest BCUT2D eigenvalue weighted by Gasteiger charge is -2.28. The summed E-state index contributed by atoms with van der Waals surface area (Å²) in [5.74, 6) is 0. The number of hydrogen-bond acceptors (Lipinski definition) is 2. The maximum Gasteiger partial charge on any atom is 0.163 e. The molecule has 38 heavy (non-hydrogen) atoms. The zero-order chi connectivity index (χ0) is 27.1. The van der Waals surface area contributed by atoms with Crippen LogP contribution in [0.5, 0.6) is 0 Å². The first kappa shape index (κ1) is 25.6. The Morgan fingerprint density at radius 3 is 2.21 bits per heavy atom. The molecule has 1 aliphatic heterocycles. The highest BCUT2D eigenvalue weighted by Gasteiger charge is 2.28. The van der Waals surface area contributed by atoms with Crippen molar-refractivity contribution in [2.24, 2.45) is 10.8 Å². The number of rotatable bonds is 2. The highest BCUT2D eigenvalue weighted by atomic mass is 32.2. The van der Waals surface area contributed by atoms with Crippen LogP contribution < -0.4 is 11.1 Å². The fourth-order valence-corrected chi connectivity index (χ4v) is 7.50. The molecule has 0 saturated heterocycles. The molecular formula is C34H37B2NS. The Bertz CT molecular complexity index is 1790. The lowest BCUT2D eigenvalue weighted by molar-refractivity contribution is 0.410. The summed E-state index contributed by atoms with van der Waals surface area (Å²) in [6.07, 6.45) is 2.11. The molecule has 4 aromatic carbocycles. The number of pyridine rings is 1. The average Bonchev–Trinajstić information content (AvgIpc) is 2.80. The lowest BCUT2D eigenvalue weighted by Crippen LogP contribution is -2.31. The van der Waals surface area contributed by atoms with E-state index in [1.807, 2.05) is 11.8 Å². The van der Waals surface area contributed by atoms with Gasteiger partial charge >= 0.3 is 0 Å². The second-order valence-electron chi connectivity index (χ2n) is 13.9. The van der Waals surface area contributed by atoms with Gasteiger partial charge in [0, 0.05) is 20.7 Å². The van der Waals surface area contributed by atoms with E-state index < -0.39 is 0 Å². The van der Waals surface area contributed by atoms with E-state index in [4.69, 9.17) is 4.98 Å². The highest BCUT2D eigenvalue weighted by molar-refractivity contribution is 8.00. The van der Waals surface area contributed by atoms with E-state index in [0.29, 0.717) is 0 Å². The van der Waals surface area contributed by atoms with E-state index in [1.165, 1.54) is 69.8 Å². The zero-order valence-electron chi connectivity index (χ0n) is 24.4. The second-order valence-corrected chi connectivity index (χ2v) is 14.9. The summed E-state index contributed by atoms with van der Waals surface area (Å²) in [4.78, 5) is 8.05. The van der Waals surface area contributed by atoms with E-state index in [-0.39, 0.29) is 10.8 Å². The van der Waals surface area contributed by atoms with Gasteiger partial charge in [0.05, 0.1) is 5.69 Å². The standard InChI is InChI=1S/C34H37B2NS/c1-18-8-11-22-21(12-18)14-24-30-28-26(38-31(24)25(22)17-34(5,6)7)15-20-10-9-19(16-33(2,3)4)13-23(20)27(28)29(35)32(36)37-30/h8-15H,16-17,35-36H2,1-7H3. The molecule has 4 heteroatoms. The first-order chi connectivity index (χ1) is 17.8. The van der Waals surface area contributed by atoms with E-state index >= 15 is 0 Å². The third-order valence-electron chi connectivity index (χ3n) is 7.86. The Morgan fingerprint density at radius 1 is 0.763 bits per heavy atom. The van der Waals surface area contributed by atoms with Gasteiger partial charge in [0.1, 0.15) is 7.85 Å². The van der Waals surface area contributed by atoms with Crippen molar-refractivity contribution in [3.8, 4) is 11.3 Å². The number of benzene rings is 4. The Kier molecular flexibility index (Phi) is 5.82. The first-order valence-corrected chi connectivity index (χ1v) is 14.7. The van der Waals surface area contributed by atoms with Crippen molar-refractivity contribution in [3.63, 3.8) is 0 Å². The number of fused-ring (bicyclic) bond motifs is 5. The number of hydrogen-bond donors (Lipinski definition) is 0. The van der Waals surface area contributed by atoms with Gasteiger partial charge in [-0.1, -0.05) is 101 Å². The fraction of sp³-hybridized carbons (Fsp3) is 0.324. The number of aryl methyl sites for hydroxylation is 1. The predicted molar refractivity (Wildman–Crippen MR) is 174 cm³/mol. The molecule has 1 nitrogen and oxygen atoms in total. The summed E-state index contributed by atoms with van der Waals surface area (Å²) >= 11 is 1.96. The molecule has 0 saturated carbocycles. The smallest absolute Gasteiger partial charge is 0.163 e. The molecule has 6 rings (SSSR count). The Morgan fingerprint density at radius 2 is 1.50 bits per heavy atom. The molecule has 0 atom stereocenters. The number of aromatic nitrogens is 1. The minimum Gasteiger partial charge on any atom is -0.263 e. The zero-order valence-corrected chi connectivity index (χ0v) is 25.2. The van der Waals surface area contributed by atoms with Gasteiger partial charge in [-0.15, -0.1) is 0 Å². The van der Waals surface area contributed by atoms with E-state index in [2.05, 4.69) is 113 Å². The van der Waals surface area contributed by atoms with Gasteiger partial charge < -0.3 is 0 Å². The van der Waals surface area contributed by atoms with Crippen LogP contribution in [0.1, 0.15) is 58.2 Å². The quantitative estimate of drug-likeness (QED) is 0.189. The molecule has 1 aliphatic rings. The summed E-state index contributed by atoms with van der Waals surface area (Å²) in [6, 6.07) is 18.9. The van der Waals surface area contributed by atoms with Gasteiger partial charge in [0.25, 0.3) is 0 Å². The van der Waals surface area contributed by atoms with Gasteiger partial charge in [-0.3, -0.25) is 4.98 Å². The minimum atomic E-state index is 0.187. The SMILES string of the molecule is Bc1nc2c3c(cc4ccc(CC(C)(C)C)cc4c3c1B)Sc1c-2cc2cc(C)ccc2c1CC(C)(C)C. The van der Waals surface area contributed by atoms with Crippen LogP contribution in [0.3, 0.4) is 0 Å². The molecule has 0 amide bonds. The third kappa shape index (κ3) is 4.35. The average molecular weight is 513 g/mol. The molecule has 5 aromatic rings. The van der Waals surface area contributed by atoms with Crippen LogP contribution in [-0.4, -0.2) is 20.7 Å². The molecule has 0 spiro atoms. The van der Waals surface area contributed by atoms with Crippen molar-refractivity contribution in [2.75, 3.05) is 0 Å². The molecule has 0 N–H and O–H groups in total. The monoisotopic (exact) mass is 513 g/mol. The molecular weight excluding hydrogens is 476 g/mol. The van der Waals surface area contributed by atoms with Crippen LogP contribution in [0.4, 0.5) is 0 Å². The maximum absolute atomic E-state index is 5.31. The molecule has 0 fully saturated rings. The van der Waals surface area contributed by atoms with Crippen molar-refractivity contribution >= 4 is 70.8 Å². The molecule has 0 bridgehead atoms. The Hall–Kier alpha value is -2.71. The van der Waals surface area contributed by atoms with Crippen LogP contribution >= 0.6 is 11.8 Å². The fourth-order valence-electron chi connectivity index (χ4n) is 6.22. The third-order valence-corrected chi connectivity index (χ3v) is 9.08. The van der Waals surface area contributed by atoms with E-state index in [1.54, 1.807) is 0 Å². The molecule has 0 radical (unpaired) electrons. The molecule has 2 heterocycles. The number of nitrogens with zero attached hydrogens (tertiary/aromatic N) is 1. The van der Waals surface area contributed by atoms with Crippen molar-refractivity contribution in [1.29, 1.82) is 0 Å². The normalized spacial score (nSPS) is 13.4. The summed E-state index contributed by atoms with van der Waals surface area (Å²) < 4.78 is 0. The van der Waals surface area contributed by atoms with Crippen molar-refractivity contribution in [3.05, 3.63) is 65.2 Å². The first-order valence-electron chi connectivity index (χ1n) is 13.9. The Balaban J connectivity index is 1.72. The van der Waals surface area contributed by atoms with Crippen molar-refractivity contribution in [1.82, 2.24) is 4.98 Å². The molecule has 0 aliphatic carbocycles. The van der Waals surface area contributed by atoms with Crippen molar-refractivity contribution in [2.45, 2.75) is 71.1 Å². The highest BCUT2D eigenvalue weighted by Crippen LogP contribution is 2.52. The molecule has 190 valence electrons. The van der Waals surface area contributed by atoms with Crippen LogP contribution in [0.2, 0.25) is 0 Å². The Labute approximate surface area is 233 Å². The summed E-state index contributed by atoms with van der Waals surface area (Å²) in [7, 11) is 4.45. The molecule has 0 unspecified atom stereocenters. The predicted octanol–water partition coefficient (Wildman–Crippen LogP) is 6.68. The summed E-state index contributed by atoms with van der Waals surface area (Å²) in [5.41, 5.74) is 9.52. The van der Waals surface area contributed by atoms with E-state index in [9.17, 15) is 0 Å². The molecule has 1 aromatic heterocycles. The van der Waals surface area contributed by atoms with Crippen LogP contribution in [-0.2, 0) is 12.8 Å². The van der Waals surface area contributed by atoms with Gasteiger partial charge in [0.15, 0.2) is 7.85 Å². The van der Waals surface area contributed by atoms with Gasteiger partial charge in [0.2, 0.25) is 0 Å². The van der Waals surface area contributed by atoms with Gasteiger partial charge in [-0.05, 0) is 86.4 Å². The van der Waals surface area contributed by atoms with Crippen molar-refractivity contribution < 1.29 is 0 Å². The van der Waals surface area contributed by atoms with Crippen LogP contribution in [0, 0.1) is 17.8 Å². The summed E-state index contributed by atoms with van der Waals surface area (Å²) in [6.45, 7) is 16.2. The summed E-state index contributed by atoms with van der Waals surface area (Å²) in [5, 5.41) is 8.12. The van der Waals surface area contributed by atoms with Gasteiger partial charge in [-0.2, -0.15) is 0 Å². The largest absolute Gasteiger partial charge is 0.263 e. The second kappa shape index (κ2) is 8.65.